The lowest BCUT2D eigenvalue weighted by molar-refractivity contribution is -0.310. The number of hydrogen-bond donors (Lipinski definition) is 11. The average molecular weight is 1350 g/mol. The number of unbranched alkanes of at least 4 members (excludes halogenated alkanes) is 4. The first kappa shape index (κ1) is 77.7. The summed E-state index contributed by atoms with van der Waals surface area (Å²) in [6.07, 6.45) is -0.187. The Labute approximate surface area is 545 Å². The zero-order valence-electron chi connectivity index (χ0n) is 52.3. The molecule has 0 saturated carbocycles. The lowest BCUT2D eigenvalue weighted by atomic mass is 9.88. The van der Waals surface area contributed by atoms with E-state index in [0.29, 0.717) is 179 Å². The van der Waals surface area contributed by atoms with Crippen molar-refractivity contribution in [3.63, 3.8) is 0 Å². The van der Waals surface area contributed by atoms with Gasteiger partial charge in [0.05, 0.1) is 168 Å². The summed E-state index contributed by atoms with van der Waals surface area (Å²) in [5, 5.41) is 78.2. The van der Waals surface area contributed by atoms with Crippen molar-refractivity contribution in [2.75, 3.05) is 151 Å². The molecule has 3 saturated heterocycles. The Hall–Kier alpha value is -4.98. The first-order valence-electron chi connectivity index (χ1n) is 31.5. The zero-order chi connectivity index (χ0) is 66.0. The van der Waals surface area contributed by atoms with E-state index in [0.717, 1.165) is 25.0 Å². The van der Waals surface area contributed by atoms with Gasteiger partial charge in [0.1, 0.15) is 24.5 Å². The molecular formula is C59H96ClN9O22S. The molecule has 1 aromatic heterocycles. The summed E-state index contributed by atoms with van der Waals surface area (Å²) in [4.78, 5) is 73.0. The monoisotopic (exact) mass is 1350 g/mol. The number of aliphatic carboxylic acids is 1. The third-order valence-corrected chi connectivity index (χ3v) is 16.4. The van der Waals surface area contributed by atoms with Crippen molar-refractivity contribution in [2.24, 2.45) is 0 Å². The van der Waals surface area contributed by atoms with Gasteiger partial charge in [-0.05, 0) is 43.4 Å². The normalized spacial score (nSPS) is 20.9. The minimum absolute atomic E-state index is 0.0145. The van der Waals surface area contributed by atoms with Crippen LogP contribution in [0.2, 0.25) is 5.02 Å². The van der Waals surface area contributed by atoms with Crippen LogP contribution in [0.4, 0.5) is 4.79 Å². The second-order valence-corrected chi connectivity index (χ2v) is 23.5. The number of carbonyl (C=O) groups is 6. The first-order chi connectivity index (χ1) is 44.7. The quantitative estimate of drug-likeness (QED) is 0.0279. The summed E-state index contributed by atoms with van der Waals surface area (Å²) in [7, 11) is 0. The van der Waals surface area contributed by atoms with Gasteiger partial charge in [0.25, 0.3) is 5.79 Å². The van der Waals surface area contributed by atoms with Gasteiger partial charge in [0, 0.05) is 61.5 Å². The summed E-state index contributed by atoms with van der Waals surface area (Å²) < 4.78 is 63.1. The summed E-state index contributed by atoms with van der Waals surface area (Å²) in [5.74, 6) is -4.71. The Morgan fingerprint density at radius 1 is 0.696 bits per heavy atom. The molecule has 9 atom stereocenters. The van der Waals surface area contributed by atoms with Gasteiger partial charge in [0.15, 0.2) is 0 Å². The van der Waals surface area contributed by atoms with Gasteiger partial charge in [-0.3, -0.25) is 19.2 Å². The average Bonchev–Trinajstić information content (AvgIpc) is 1.03. The Morgan fingerprint density at radius 3 is 1.90 bits per heavy atom. The van der Waals surface area contributed by atoms with Crippen LogP contribution in [-0.2, 0) is 95.7 Å². The van der Waals surface area contributed by atoms with E-state index in [9.17, 15) is 54.3 Å². The number of rotatable bonds is 54. The summed E-state index contributed by atoms with van der Waals surface area (Å²) in [6.45, 7) is 6.51. The van der Waals surface area contributed by atoms with Gasteiger partial charge in [-0.1, -0.05) is 48.2 Å². The van der Waals surface area contributed by atoms with E-state index >= 15 is 0 Å². The number of nitrogens with one attached hydrogen (secondary N) is 6. The molecule has 3 fully saturated rings. The van der Waals surface area contributed by atoms with E-state index in [1.165, 1.54) is 0 Å². The Morgan fingerprint density at radius 2 is 1.28 bits per heavy atom. The maximum atomic E-state index is 12.6. The number of amides is 6. The molecule has 522 valence electrons. The van der Waals surface area contributed by atoms with Crippen molar-refractivity contribution in [3.05, 3.63) is 46.7 Å². The van der Waals surface area contributed by atoms with Gasteiger partial charge in [-0.25, -0.2) is 14.3 Å². The maximum absolute atomic E-state index is 12.6. The van der Waals surface area contributed by atoms with Crippen LogP contribution < -0.4 is 31.9 Å². The van der Waals surface area contributed by atoms with Crippen molar-refractivity contribution < 1.29 is 106 Å². The highest BCUT2D eigenvalue weighted by atomic mass is 35.5. The number of carboxylic acids is 1. The lowest BCUT2D eigenvalue weighted by Crippen LogP contribution is -2.68. The summed E-state index contributed by atoms with van der Waals surface area (Å²) >= 11 is 7.79. The second-order valence-electron chi connectivity index (χ2n) is 21.8. The molecule has 0 bridgehead atoms. The topological polar surface area (TPSA) is 408 Å². The number of carbonyl (C=O) groups excluding carboxylic acids is 5. The number of aliphatic hydroxyl groups excluding tert-OH is 4. The van der Waals surface area contributed by atoms with Crippen molar-refractivity contribution in [1.82, 2.24) is 46.9 Å². The predicted octanol–water partition coefficient (Wildman–Crippen LogP) is -1.01. The highest BCUT2D eigenvalue weighted by Crippen LogP contribution is 2.35. The van der Waals surface area contributed by atoms with Crippen LogP contribution in [0.1, 0.15) is 75.5 Å². The van der Waals surface area contributed by atoms with E-state index in [4.69, 9.17) is 63.7 Å². The van der Waals surface area contributed by atoms with Crippen molar-refractivity contribution in [2.45, 2.75) is 137 Å². The molecule has 33 heteroatoms. The number of fused-ring (bicyclic) bond motifs is 1. The molecule has 3 aliphatic heterocycles. The molecule has 11 N–H and O–H groups in total. The van der Waals surface area contributed by atoms with Crippen LogP contribution in [0.25, 0.3) is 0 Å². The van der Waals surface area contributed by atoms with Gasteiger partial charge in [-0.15, -0.1) is 5.10 Å². The Bertz CT molecular complexity index is 2410. The predicted molar refractivity (Wildman–Crippen MR) is 330 cm³/mol. The SMILES string of the molecule is O=C(CCCC[C@H]1SC[C@H]2NC(=O)N[C@H]21)NCCOCCOCCOCCOCCC(=O)NCCOCCOCCOCCOCCn1cc(COCCCCCCO[C@]2(C(=O)O)C[C@H](O)[C@@H](NC(=O)CO)[C@H]([C@H](O)[C@H](O)CNC(=O)Cc3ccc(Cl)cc3)O2)nn1. The summed E-state index contributed by atoms with van der Waals surface area (Å²) in [6, 6.07) is 5.40. The van der Waals surface area contributed by atoms with E-state index in [1.807, 2.05) is 11.8 Å². The second kappa shape index (κ2) is 46.2. The van der Waals surface area contributed by atoms with E-state index in [1.54, 1.807) is 35.1 Å². The van der Waals surface area contributed by atoms with Gasteiger partial charge in [-0.2, -0.15) is 11.8 Å². The molecule has 6 amide bonds. The molecule has 3 aliphatic rings. The standard InChI is InChI=1S/C59H96ClN9O22S/c60-43-11-9-42(10-12-43)35-51(75)63-37-47(72)55(77)56-54(65-52(76)39-70)46(71)36-59(91-56,57(78)79)90-18-6-2-1-5-17-89-40-44-38-69(68-67-44)16-22-84-26-30-88-34-33-87-29-25-83-21-15-62-50(74)13-19-81-23-27-85-31-32-86-28-24-82-20-14-61-49(73)8-4-3-7-48-53-45(41-92-48)64-58(80)66-53/h9-12,38,45-48,53-56,70-72,77H,1-8,13-37,39-41H2,(H,61,73)(H,62,74)(H,63,75)(H,65,76)(H,78,79)(H2,64,66,80)/t45-,46+,47-,48-,53-,54-,55-,56-,59-/m1/s1. The third kappa shape index (κ3) is 31.5. The number of carboxylic acid groups (broad SMARTS) is 1. The molecular weight excluding hydrogens is 1250 g/mol. The Balaban J connectivity index is 0.740. The molecule has 92 heavy (non-hydrogen) atoms. The number of thioether (sulfide) groups is 1. The fourth-order valence-corrected chi connectivity index (χ4v) is 11.4. The molecule has 0 unspecified atom stereocenters. The van der Waals surface area contributed by atoms with Crippen LogP contribution in [0.15, 0.2) is 30.5 Å². The van der Waals surface area contributed by atoms with E-state index in [2.05, 4.69) is 42.2 Å². The van der Waals surface area contributed by atoms with Crippen molar-refractivity contribution in [3.8, 4) is 0 Å². The highest BCUT2D eigenvalue weighted by Gasteiger charge is 2.56. The zero-order valence-corrected chi connectivity index (χ0v) is 53.8. The molecule has 0 radical (unpaired) electrons. The van der Waals surface area contributed by atoms with Crippen LogP contribution in [0.5, 0.6) is 0 Å². The van der Waals surface area contributed by atoms with Crippen LogP contribution in [0.3, 0.4) is 0 Å². The molecule has 31 nitrogen and oxygen atoms in total. The molecule has 0 aliphatic carbocycles. The number of ether oxygens (including phenoxy) is 11. The molecule has 5 rings (SSSR count). The fourth-order valence-electron chi connectivity index (χ4n) is 9.77. The van der Waals surface area contributed by atoms with Gasteiger partial charge in [0.2, 0.25) is 23.6 Å². The molecule has 4 heterocycles. The number of aliphatic hydroxyl groups is 4. The number of nitrogens with zero attached hydrogens (tertiary/aromatic N) is 3. The van der Waals surface area contributed by atoms with Crippen LogP contribution in [-0.4, -0.2) is 281 Å². The fraction of sp³-hybridized carbons (Fsp3) is 0.763. The highest BCUT2D eigenvalue weighted by molar-refractivity contribution is 8.00. The lowest BCUT2D eigenvalue weighted by Gasteiger charge is -2.46. The minimum atomic E-state index is -2.46. The maximum Gasteiger partial charge on any atom is 0.364 e. The third-order valence-electron chi connectivity index (χ3n) is 14.6. The van der Waals surface area contributed by atoms with E-state index < -0.39 is 73.6 Å². The largest absolute Gasteiger partial charge is 0.477 e. The number of urea groups is 1. The minimum Gasteiger partial charge on any atom is -0.477 e. The smallest absolute Gasteiger partial charge is 0.364 e. The molecule has 1 aromatic carbocycles. The van der Waals surface area contributed by atoms with Crippen molar-refractivity contribution in [1.29, 1.82) is 0 Å². The van der Waals surface area contributed by atoms with E-state index in [-0.39, 0.29) is 62.6 Å². The number of aromatic nitrogens is 3. The van der Waals surface area contributed by atoms with Gasteiger partial charge >= 0.3 is 12.0 Å². The molecule has 0 spiro atoms. The molecule has 2 aromatic rings. The van der Waals surface area contributed by atoms with Crippen LogP contribution in [0, 0.1) is 0 Å². The van der Waals surface area contributed by atoms with Gasteiger partial charge < -0.3 is 110 Å². The Kier molecular flexibility index (Phi) is 39.0. The summed E-state index contributed by atoms with van der Waals surface area (Å²) in [5.41, 5.74) is 1.28. The van der Waals surface area contributed by atoms with Crippen molar-refractivity contribution >= 4 is 59.0 Å². The number of halogens is 1. The van der Waals surface area contributed by atoms with Crippen LogP contribution >= 0.6 is 23.4 Å². The number of hydrogen-bond acceptors (Lipinski definition) is 24. The number of benzene rings is 1. The first-order valence-corrected chi connectivity index (χ1v) is 32.9.